The van der Waals surface area contributed by atoms with Crippen LogP contribution in [0.5, 0.6) is 0 Å². The summed E-state index contributed by atoms with van der Waals surface area (Å²) >= 11 is 0. The number of hydrogen-bond acceptors (Lipinski definition) is 3. The topological polar surface area (TPSA) is 36.1 Å². The second kappa shape index (κ2) is 15.9. The van der Waals surface area contributed by atoms with E-state index in [-0.39, 0.29) is 0 Å². The van der Waals surface area contributed by atoms with Gasteiger partial charge in [0, 0.05) is 56.2 Å². The van der Waals surface area contributed by atoms with E-state index in [0.29, 0.717) is 0 Å². The van der Waals surface area contributed by atoms with Crippen molar-refractivity contribution in [2.75, 3.05) is 16.0 Å². The Kier molecular flexibility index (Phi) is 9.59. The van der Waals surface area contributed by atoms with Crippen molar-refractivity contribution in [2.45, 2.75) is 0 Å². The van der Waals surface area contributed by atoms with E-state index in [1.165, 1.54) is 21.5 Å². The summed E-state index contributed by atoms with van der Waals surface area (Å²) in [5.41, 5.74) is 15.4. The zero-order valence-corrected chi connectivity index (χ0v) is 32.4. The summed E-state index contributed by atoms with van der Waals surface area (Å²) in [5.74, 6) is 0. The summed E-state index contributed by atoms with van der Waals surface area (Å²) in [4.78, 5) is 0. The predicted molar refractivity (Wildman–Crippen MR) is 252 cm³/mol. The molecule has 3 heteroatoms. The molecule has 3 nitrogen and oxygen atoms in total. The van der Waals surface area contributed by atoms with Crippen LogP contribution in [-0.2, 0) is 0 Å². The summed E-state index contributed by atoms with van der Waals surface area (Å²) in [6, 6.07) is 82.0. The second-order valence-corrected chi connectivity index (χ2v) is 14.8. The molecule has 280 valence electrons. The Hall–Kier alpha value is -7.88. The van der Waals surface area contributed by atoms with Crippen molar-refractivity contribution in [3.05, 3.63) is 231 Å². The van der Waals surface area contributed by atoms with E-state index in [9.17, 15) is 0 Å². The Labute approximate surface area is 345 Å². The highest BCUT2D eigenvalue weighted by molar-refractivity contribution is 5.99. The van der Waals surface area contributed by atoms with Crippen LogP contribution in [0.2, 0.25) is 0 Å². The molecule has 10 aromatic rings. The van der Waals surface area contributed by atoms with E-state index in [4.69, 9.17) is 0 Å². The van der Waals surface area contributed by atoms with E-state index < -0.39 is 0 Å². The highest BCUT2D eigenvalue weighted by Gasteiger charge is 2.17. The normalized spacial score (nSPS) is 11.1. The summed E-state index contributed by atoms with van der Waals surface area (Å²) < 4.78 is 0. The van der Waals surface area contributed by atoms with Crippen LogP contribution in [0.4, 0.5) is 34.1 Å². The van der Waals surface area contributed by atoms with Gasteiger partial charge in [0.2, 0.25) is 0 Å². The summed E-state index contributed by atoms with van der Waals surface area (Å²) in [6.07, 6.45) is 0. The van der Waals surface area contributed by atoms with Crippen LogP contribution in [0, 0.1) is 0 Å². The molecule has 3 N–H and O–H groups in total. The van der Waals surface area contributed by atoms with Crippen molar-refractivity contribution >= 4 is 55.7 Å². The monoisotopic (exact) mass is 755 g/mol. The highest BCUT2D eigenvalue weighted by Crippen LogP contribution is 2.43. The number of anilines is 6. The van der Waals surface area contributed by atoms with Gasteiger partial charge in [0.1, 0.15) is 0 Å². The summed E-state index contributed by atoms with van der Waals surface area (Å²) in [6.45, 7) is 0. The summed E-state index contributed by atoms with van der Waals surface area (Å²) in [5, 5.41) is 16.2. The fraction of sp³-hybridized carbons (Fsp3) is 0. The van der Waals surface area contributed by atoms with Gasteiger partial charge < -0.3 is 16.0 Å². The van der Waals surface area contributed by atoms with Crippen molar-refractivity contribution in [3.63, 3.8) is 0 Å². The quantitative estimate of drug-likeness (QED) is 0.130. The molecule has 0 aromatic heterocycles. The maximum Gasteiger partial charge on any atom is 0.0464 e. The molecule has 0 aliphatic rings. The lowest BCUT2D eigenvalue weighted by Crippen LogP contribution is -1.98. The molecule has 0 unspecified atom stereocenters. The fourth-order valence-corrected chi connectivity index (χ4v) is 8.10. The number of nitrogens with one attached hydrogen (secondary N) is 3. The Balaban J connectivity index is 1.11. The van der Waals surface area contributed by atoms with Gasteiger partial charge in [-0.25, -0.2) is 0 Å². The number of benzene rings is 10. The third kappa shape index (κ3) is 7.41. The number of hydrogen-bond donors (Lipinski definition) is 3. The standard InChI is InChI=1S/C56H41N3/c1-3-17-41(18-4-1)51-37-43(31-34-55(51)59-53-29-15-21-40-19-9-10-24-47(40)53)44-32-35-56(58-46-33-30-39-16-7-8-20-42(39)36-46)52(38-44)49-26-12-11-25-48(49)50-27-13-14-28-54(50)57-45-22-5-2-6-23-45/h1-38,57-59H. The van der Waals surface area contributed by atoms with Crippen molar-refractivity contribution in [1.82, 2.24) is 0 Å². The molecular weight excluding hydrogens is 715 g/mol. The third-order valence-electron chi connectivity index (χ3n) is 11.0. The number of fused-ring (bicyclic) bond motifs is 2. The SMILES string of the molecule is c1ccc(Nc2ccccc2-c2ccccc2-c2cc(-c3ccc(Nc4cccc5ccccc45)c(-c4ccccc4)c3)ccc2Nc2ccc3ccccc3c2)cc1. The first kappa shape index (κ1) is 35.5. The van der Waals surface area contributed by atoms with Crippen LogP contribution in [0.3, 0.4) is 0 Å². The Morgan fingerprint density at radius 3 is 1.53 bits per heavy atom. The molecule has 0 fully saturated rings. The molecule has 10 aromatic carbocycles. The molecule has 0 spiro atoms. The lowest BCUT2D eigenvalue weighted by atomic mass is 9.90. The average Bonchev–Trinajstić information content (AvgIpc) is 3.30. The molecule has 0 heterocycles. The Morgan fingerprint density at radius 2 is 0.746 bits per heavy atom. The van der Waals surface area contributed by atoms with Gasteiger partial charge in [0.05, 0.1) is 0 Å². The number of rotatable bonds is 10. The van der Waals surface area contributed by atoms with Gasteiger partial charge in [-0.15, -0.1) is 0 Å². The van der Waals surface area contributed by atoms with Crippen LogP contribution in [0.25, 0.3) is 66.1 Å². The highest BCUT2D eigenvalue weighted by atomic mass is 14.9. The molecule has 0 bridgehead atoms. The van der Waals surface area contributed by atoms with Gasteiger partial charge >= 0.3 is 0 Å². The molecule has 0 radical (unpaired) electrons. The minimum absolute atomic E-state index is 1.03. The Morgan fingerprint density at radius 1 is 0.220 bits per heavy atom. The van der Waals surface area contributed by atoms with Gasteiger partial charge in [0.25, 0.3) is 0 Å². The third-order valence-corrected chi connectivity index (χ3v) is 11.0. The van der Waals surface area contributed by atoms with Gasteiger partial charge in [0.15, 0.2) is 0 Å². The van der Waals surface area contributed by atoms with Crippen molar-refractivity contribution in [3.8, 4) is 44.5 Å². The van der Waals surface area contributed by atoms with Gasteiger partial charge in [-0.05, 0) is 105 Å². The molecular formula is C56H41N3. The van der Waals surface area contributed by atoms with Crippen LogP contribution in [0.1, 0.15) is 0 Å². The van der Waals surface area contributed by atoms with Gasteiger partial charge in [-0.3, -0.25) is 0 Å². The first-order valence-electron chi connectivity index (χ1n) is 20.1. The minimum Gasteiger partial charge on any atom is -0.355 e. The van der Waals surface area contributed by atoms with E-state index in [2.05, 4.69) is 240 Å². The van der Waals surface area contributed by atoms with E-state index in [0.717, 1.165) is 78.6 Å². The van der Waals surface area contributed by atoms with E-state index >= 15 is 0 Å². The van der Waals surface area contributed by atoms with Crippen LogP contribution < -0.4 is 16.0 Å². The van der Waals surface area contributed by atoms with Crippen LogP contribution in [0.15, 0.2) is 231 Å². The minimum atomic E-state index is 1.03. The van der Waals surface area contributed by atoms with Gasteiger partial charge in [-0.1, -0.05) is 170 Å². The first-order valence-corrected chi connectivity index (χ1v) is 20.1. The molecule has 0 aliphatic heterocycles. The second-order valence-electron chi connectivity index (χ2n) is 14.8. The lowest BCUT2D eigenvalue weighted by Gasteiger charge is -2.20. The maximum absolute atomic E-state index is 3.84. The average molecular weight is 756 g/mol. The van der Waals surface area contributed by atoms with E-state index in [1.54, 1.807) is 0 Å². The predicted octanol–water partition coefficient (Wildman–Crippen LogP) is 15.9. The Bertz CT molecular complexity index is 3070. The largest absolute Gasteiger partial charge is 0.355 e. The summed E-state index contributed by atoms with van der Waals surface area (Å²) in [7, 11) is 0. The molecule has 0 amide bonds. The molecule has 10 rings (SSSR count). The van der Waals surface area contributed by atoms with E-state index in [1.807, 2.05) is 6.07 Å². The number of para-hydroxylation sites is 2. The van der Waals surface area contributed by atoms with Gasteiger partial charge in [-0.2, -0.15) is 0 Å². The molecule has 0 atom stereocenters. The smallest absolute Gasteiger partial charge is 0.0464 e. The molecule has 59 heavy (non-hydrogen) atoms. The zero-order chi connectivity index (χ0) is 39.4. The maximum atomic E-state index is 3.84. The van der Waals surface area contributed by atoms with Crippen molar-refractivity contribution in [1.29, 1.82) is 0 Å². The van der Waals surface area contributed by atoms with Crippen molar-refractivity contribution in [2.24, 2.45) is 0 Å². The fourth-order valence-electron chi connectivity index (χ4n) is 8.10. The lowest BCUT2D eigenvalue weighted by molar-refractivity contribution is 1.50. The van der Waals surface area contributed by atoms with Crippen LogP contribution in [-0.4, -0.2) is 0 Å². The zero-order valence-electron chi connectivity index (χ0n) is 32.4. The molecule has 0 saturated carbocycles. The molecule has 0 aliphatic carbocycles. The molecule has 0 saturated heterocycles. The first-order chi connectivity index (χ1) is 29.2. The van der Waals surface area contributed by atoms with Crippen molar-refractivity contribution < 1.29 is 0 Å². The van der Waals surface area contributed by atoms with Crippen LogP contribution >= 0.6 is 0 Å².